The van der Waals surface area contributed by atoms with Crippen LogP contribution in [0.3, 0.4) is 0 Å². The number of aryl methyl sites for hydroxylation is 1. The van der Waals surface area contributed by atoms with E-state index in [1.165, 1.54) is 0 Å². The first-order valence-corrected chi connectivity index (χ1v) is 6.15. The van der Waals surface area contributed by atoms with Crippen LogP contribution in [-0.2, 0) is 0 Å². The number of fused-ring (bicyclic) bond motifs is 3. The van der Waals surface area contributed by atoms with E-state index in [4.69, 9.17) is 0 Å². The van der Waals surface area contributed by atoms with Crippen molar-refractivity contribution in [1.82, 2.24) is 0 Å². The molecule has 3 aromatic rings. The van der Waals surface area contributed by atoms with Crippen LogP contribution in [0, 0.1) is 24.0 Å². The molecule has 3 rings (SSSR count). The zero-order valence-corrected chi connectivity index (χ0v) is 10.8. The van der Waals surface area contributed by atoms with Gasteiger partial charge in [-0.3, -0.25) is 10.1 Å². The molecule has 0 atom stereocenters. The van der Waals surface area contributed by atoms with E-state index in [2.05, 4.69) is 0 Å². The summed E-state index contributed by atoms with van der Waals surface area (Å²) in [6.45, 7) is 3.73. The van der Waals surface area contributed by atoms with Gasteiger partial charge in [0.15, 0.2) is 0 Å². The van der Waals surface area contributed by atoms with E-state index < -0.39 is 0 Å². The Labute approximate surface area is 110 Å². The van der Waals surface area contributed by atoms with Crippen LogP contribution in [0.25, 0.3) is 21.5 Å². The highest BCUT2D eigenvalue weighted by molar-refractivity contribution is 6.11. The van der Waals surface area contributed by atoms with Gasteiger partial charge in [-0.1, -0.05) is 36.4 Å². The Morgan fingerprint density at radius 3 is 2.42 bits per heavy atom. The maximum Gasteiger partial charge on any atom is 0.280 e. The maximum absolute atomic E-state index is 11.3. The van der Waals surface area contributed by atoms with Crippen molar-refractivity contribution >= 4 is 27.2 Å². The number of nitro benzene ring substituents is 1. The summed E-state index contributed by atoms with van der Waals surface area (Å²) in [5.41, 5.74) is 1.92. The molecule has 0 spiro atoms. The lowest BCUT2D eigenvalue weighted by Gasteiger charge is -2.09. The predicted molar refractivity (Wildman–Crippen MR) is 77.6 cm³/mol. The van der Waals surface area contributed by atoms with Crippen molar-refractivity contribution in [3.05, 3.63) is 63.7 Å². The van der Waals surface area contributed by atoms with E-state index in [1.807, 2.05) is 56.3 Å². The van der Waals surface area contributed by atoms with Gasteiger partial charge in [0.25, 0.3) is 5.69 Å². The quantitative estimate of drug-likeness (QED) is 0.362. The monoisotopic (exact) mass is 251 g/mol. The van der Waals surface area contributed by atoms with Gasteiger partial charge in [-0.2, -0.15) is 0 Å². The van der Waals surface area contributed by atoms with Gasteiger partial charge in [-0.05, 0) is 41.6 Å². The molecule has 0 aliphatic rings. The first kappa shape index (κ1) is 11.7. The average molecular weight is 251 g/mol. The van der Waals surface area contributed by atoms with Crippen LogP contribution in [0.4, 0.5) is 5.69 Å². The van der Waals surface area contributed by atoms with Gasteiger partial charge < -0.3 is 0 Å². The number of hydrogen-bond donors (Lipinski definition) is 0. The summed E-state index contributed by atoms with van der Waals surface area (Å²) >= 11 is 0. The molecule has 3 aromatic carbocycles. The minimum absolute atomic E-state index is 0.223. The number of hydrogen-bond acceptors (Lipinski definition) is 2. The molecule has 0 saturated carbocycles. The third kappa shape index (κ3) is 1.66. The number of nitrogens with zero attached hydrogens (tertiary/aromatic N) is 1. The molecule has 0 radical (unpaired) electrons. The molecule has 0 heterocycles. The predicted octanol–water partition coefficient (Wildman–Crippen LogP) is 4.52. The van der Waals surface area contributed by atoms with Gasteiger partial charge in [0.05, 0.1) is 10.3 Å². The minimum Gasteiger partial charge on any atom is -0.258 e. The fourth-order valence-corrected chi connectivity index (χ4v) is 2.61. The van der Waals surface area contributed by atoms with Crippen molar-refractivity contribution < 1.29 is 4.92 Å². The molecule has 19 heavy (non-hydrogen) atoms. The van der Waals surface area contributed by atoms with E-state index in [9.17, 15) is 10.1 Å². The van der Waals surface area contributed by atoms with Gasteiger partial charge in [0.1, 0.15) is 0 Å². The zero-order valence-electron chi connectivity index (χ0n) is 10.8. The molecule has 0 aliphatic heterocycles. The van der Waals surface area contributed by atoms with Crippen LogP contribution < -0.4 is 0 Å². The summed E-state index contributed by atoms with van der Waals surface area (Å²) in [6, 6.07) is 13.8. The zero-order chi connectivity index (χ0) is 13.6. The number of nitro groups is 1. The van der Waals surface area contributed by atoms with Crippen molar-refractivity contribution in [3.8, 4) is 0 Å². The van der Waals surface area contributed by atoms with Gasteiger partial charge in [-0.15, -0.1) is 0 Å². The summed E-state index contributed by atoms with van der Waals surface area (Å²) in [5, 5.41) is 15.2. The average Bonchev–Trinajstić information content (AvgIpc) is 2.40. The maximum atomic E-state index is 11.3. The van der Waals surface area contributed by atoms with E-state index in [1.54, 1.807) is 0 Å². The van der Waals surface area contributed by atoms with Gasteiger partial charge in [-0.25, -0.2) is 0 Å². The highest BCUT2D eigenvalue weighted by Crippen LogP contribution is 2.35. The molecule has 0 aliphatic carbocycles. The summed E-state index contributed by atoms with van der Waals surface area (Å²) in [6.07, 6.45) is 0. The molecular formula is C16H13NO2. The fraction of sp³-hybridized carbons (Fsp3) is 0.125. The van der Waals surface area contributed by atoms with Gasteiger partial charge >= 0.3 is 0 Å². The molecule has 94 valence electrons. The van der Waals surface area contributed by atoms with Gasteiger partial charge in [0, 0.05) is 5.56 Å². The normalized spacial score (nSPS) is 11.1. The molecule has 0 saturated heterocycles. The molecule has 0 N–H and O–H groups in total. The molecule has 0 unspecified atom stereocenters. The largest absolute Gasteiger partial charge is 0.280 e. The van der Waals surface area contributed by atoms with Gasteiger partial charge in [0.2, 0.25) is 0 Å². The third-order valence-electron chi connectivity index (χ3n) is 3.72. The molecule has 3 heteroatoms. The molecule has 0 fully saturated rings. The van der Waals surface area contributed by atoms with E-state index >= 15 is 0 Å². The molecular weight excluding hydrogens is 238 g/mol. The Hall–Kier alpha value is -2.42. The second-order valence-corrected chi connectivity index (χ2v) is 4.81. The Kier molecular flexibility index (Phi) is 2.49. The van der Waals surface area contributed by atoms with Crippen LogP contribution in [0.5, 0.6) is 0 Å². The van der Waals surface area contributed by atoms with Crippen LogP contribution in [0.1, 0.15) is 11.1 Å². The van der Waals surface area contributed by atoms with Crippen molar-refractivity contribution in [2.45, 2.75) is 13.8 Å². The summed E-state index contributed by atoms with van der Waals surface area (Å²) in [4.78, 5) is 11.1. The lowest BCUT2D eigenvalue weighted by Crippen LogP contribution is -1.96. The standard InChI is InChI=1S/C16H13NO2/c1-10-9-15-13-6-4-3-5-12(13)7-8-14(15)16(11(10)2)17(18)19/h3-9H,1-2H3. The van der Waals surface area contributed by atoms with E-state index in [0.717, 1.165) is 27.3 Å². The number of rotatable bonds is 1. The van der Waals surface area contributed by atoms with Crippen LogP contribution in [0.2, 0.25) is 0 Å². The van der Waals surface area contributed by atoms with E-state index in [-0.39, 0.29) is 10.6 Å². The molecule has 0 aromatic heterocycles. The van der Waals surface area contributed by atoms with Crippen molar-refractivity contribution in [2.75, 3.05) is 0 Å². The summed E-state index contributed by atoms with van der Waals surface area (Å²) in [5.74, 6) is 0. The van der Waals surface area contributed by atoms with Crippen LogP contribution >= 0.6 is 0 Å². The Morgan fingerprint density at radius 1 is 0.947 bits per heavy atom. The SMILES string of the molecule is Cc1cc2c(ccc3ccccc32)c([N+](=O)[O-])c1C. The summed E-state index contributed by atoms with van der Waals surface area (Å²) in [7, 11) is 0. The van der Waals surface area contributed by atoms with Crippen LogP contribution in [-0.4, -0.2) is 4.92 Å². The first-order chi connectivity index (χ1) is 9.09. The lowest BCUT2D eigenvalue weighted by molar-refractivity contribution is -0.383. The van der Waals surface area contributed by atoms with Crippen molar-refractivity contribution in [3.63, 3.8) is 0 Å². The highest BCUT2D eigenvalue weighted by atomic mass is 16.6. The Balaban J connectivity index is 2.59. The van der Waals surface area contributed by atoms with Crippen molar-refractivity contribution in [2.24, 2.45) is 0 Å². The van der Waals surface area contributed by atoms with E-state index in [0.29, 0.717) is 5.39 Å². The smallest absolute Gasteiger partial charge is 0.258 e. The Bertz CT molecular complexity index is 822. The second kappa shape index (κ2) is 4.05. The Morgan fingerprint density at radius 2 is 1.68 bits per heavy atom. The number of benzene rings is 3. The third-order valence-corrected chi connectivity index (χ3v) is 3.72. The molecule has 0 bridgehead atoms. The fourth-order valence-electron chi connectivity index (χ4n) is 2.61. The topological polar surface area (TPSA) is 43.1 Å². The first-order valence-electron chi connectivity index (χ1n) is 6.15. The highest BCUT2D eigenvalue weighted by Gasteiger charge is 2.18. The molecule has 3 nitrogen and oxygen atoms in total. The minimum atomic E-state index is -0.278. The summed E-state index contributed by atoms with van der Waals surface area (Å²) < 4.78 is 0. The lowest BCUT2D eigenvalue weighted by atomic mass is 9.96. The van der Waals surface area contributed by atoms with Crippen molar-refractivity contribution in [1.29, 1.82) is 0 Å². The second-order valence-electron chi connectivity index (χ2n) is 4.81. The molecule has 0 amide bonds. The van der Waals surface area contributed by atoms with Crippen LogP contribution in [0.15, 0.2) is 42.5 Å².